The average molecular weight is 225 g/mol. The van der Waals surface area contributed by atoms with Crippen LogP contribution in [-0.4, -0.2) is 69.3 Å². The van der Waals surface area contributed by atoms with Gasteiger partial charge in [0, 0.05) is 0 Å². The second-order valence-corrected chi connectivity index (χ2v) is 2.89. The van der Waals surface area contributed by atoms with Crippen LogP contribution in [0, 0.1) is 0 Å². The first-order valence-electron chi connectivity index (χ1n) is 4.16. The van der Waals surface area contributed by atoms with Crippen LogP contribution >= 0.6 is 0 Å². The van der Waals surface area contributed by atoms with Gasteiger partial charge in [-0.25, -0.2) is 4.79 Å². The molecule has 0 aromatic carbocycles. The highest BCUT2D eigenvalue weighted by Gasteiger charge is 2.32. The van der Waals surface area contributed by atoms with Gasteiger partial charge in [0.1, 0.15) is 18.3 Å². The van der Waals surface area contributed by atoms with Gasteiger partial charge in [-0.05, 0) is 0 Å². The summed E-state index contributed by atoms with van der Waals surface area (Å²) in [6, 6.07) is 0. The van der Waals surface area contributed by atoms with Gasteiger partial charge in [-0.15, -0.1) is 0 Å². The van der Waals surface area contributed by atoms with E-state index in [4.69, 9.17) is 15.3 Å². The van der Waals surface area contributed by atoms with Gasteiger partial charge in [-0.1, -0.05) is 0 Å². The van der Waals surface area contributed by atoms with Crippen LogP contribution in [0.25, 0.3) is 0 Å². The number of aliphatic hydroxyl groups excluding tert-OH is 5. The summed E-state index contributed by atoms with van der Waals surface area (Å²) in [5.74, 6) is 0. The Kier molecular flexibility index (Phi) is 6.13. The number of aliphatic hydroxyl groups is 5. The molecule has 0 spiro atoms. The molecular formula is C7H15NO7. The summed E-state index contributed by atoms with van der Waals surface area (Å²) >= 11 is 0. The molecule has 8 heteroatoms. The fourth-order valence-corrected chi connectivity index (χ4v) is 0.920. The van der Waals surface area contributed by atoms with E-state index in [1.54, 1.807) is 0 Å². The monoisotopic (exact) mass is 225 g/mol. The molecule has 0 heterocycles. The van der Waals surface area contributed by atoms with Crippen molar-refractivity contribution in [3.8, 4) is 0 Å². The van der Waals surface area contributed by atoms with Crippen molar-refractivity contribution in [2.45, 2.75) is 24.4 Å². The van der Waals surface area contributed by atoms with Crippen molar-refractivity contribution in [3.05, 3.63) is 0 Å². The van der Waals surface area contributed by atoms with Gasteiger partial charge in [0.2, 0.25) is 0 Å². The maximum absolute atomic E-state index is 10.3. The molecule has 0 aromatic rings. The van der Waals surface area contributed by atoms with E-state index in [0.717, 1.165) is 0 Å². The van der Waals surface area contributed by atoms with Crippen molar-refractivity contribution in [2.24, 2.45) is 5.73 Å². The van der Waals surface area contributed by atoms with Crippen LogP contribution in [0.3, 0.4) is 0 Å². The third-order valence-electron chi connectivity index (χ3n) is 1.76. The Balaban J connectivity index is 4.35. The fourth-order valence-electron chi connectivity index (χ4n) is 0.920. The molecule has 0 aliphatic carbocycles. The van der Waals surface area contributed by atoms with Gasteiger partial charge >= 0.3 is 6.09 Å². The number of amides is 1. The van der Waals surface area contributed by atoms with Gasteiger partial charge in [0.25, 0.3) is 0 Å². The zero-order valence-electron chi connectivity index (χ0n) is 7.85. The molecule has 4 unspecified atom stereocenters. The summed E-state index contributed by atoms with van der Waals surface area (Å²) in [5.41, 5.74) is 4.64. The van der Waals surface area contributed by atoms with Gasteiger partial charge in [-0.2, -0.15) is 0 Å². The number of carbonyl (C=O) groups is 1. The quantitative estimate of drug-likeness (QED) is 0.274. The molecule has 0 aromatic heterocycles. The number of ether oxygens (including phenoxy) is 1. The minimum Gasteiger partial charge on any atom is -0.441 e. The highest BCUT2D eigenvalue weighted by atomic mass is 16.6. The van der Waals surface area contributed by atoms with Crippen LogP contribution in [0.15, 0.2) is 0 Å². The van der Waals surface area contributed by atoms with Crippen LogP contribution in [0.5, 0.6) is 0 Å². The minimum atomic E-state index is -1.76. The molecule has 4 atom stereocenters. The van der Waals surface area contributed by atoms with Crippen LogP contribution in [0.1, 0.15) is 0 Å². The number of primary amides is 1. The van der Waals surface area contributed by atoms with E-state index in [9.17, 15) is 15.0 Å². The summed E-state index contributed by atoms with van der Waals surface area (Å²) < 4.78 is 4.26. The first kappa shape index (κ1) is 14.1. The predicted octanol–water partition coefficient (Wildman–Crippen LogP) is -3.48. The molecule has 15 heavy (non-hydrogen) atoms. The van der Waals surface area contributed by atoms with Crippen LogP contribution < -0.4 is 5.73 Å². The van der Waals surface area contributed by atoms with Crippen molar-refractivity contribution >= 4 is 6.09 Å². The number of nitrogens with two attached hydrogens (primary N) is 1. The number of carbonyl (C=O) groups excluding carboxylic acids is 1. The molecule has 0 aliphatic rings. The third-order valence-corrected chi connectivity index (χ3v) is 1.76. The molecule has 90 valence electrons. The SMILES string of the molecule is NC(=O)OC(CO)C(O)C(O)C(O)CO. The molecule has 7 N–H and O–H groups in total. The lowest BCUT2D eigenvalue weighted by atomic mass is 10.0. The largest absolute Gasteiger partial charge is 0.441 e. The Morgan fingerprint density at radius 1 is 1.13 bits per heavy atom. The Labute approximate surface area is 85.5 Å². The normalized spacial score (nSPS) is 19.0. The molecule has 0 bridgehead atoms. The fraction of sp³-hybridized carbons (Fsp3) is 0.857. The Hall–Kier alpha value is -0.930. The van der Waals surface area contributed by atoms with Crippen LogP contribution in [0.2, 0.25) is 0 Å². The van der Waals surface area contributed by atoms with Crippen molar-refractivity contribution in [2.75, 3.05) is 13.2 Å². The summed E-state index contributed by atoms with van der Waals surface area (Å²) in [6.07, 6.45) is -7.81. The van der Waals surface area contributed by atoms with Crippen molar-refractivity contribution in [1.29, 1.82) is 0 Å². The van der Waals surface area contributed by atoms with E-state index in [2.05, 4.69) is 10.5 Å². The van der Waals surface area contributed by atoms with Crippen LogP contribution in [0.4, 0.5) is 4.79 Å². The summed E-state index contributed by atoms with van der Waals surface area (Å²) in [4.78, 5) is 10.3. The maximum Gasteiger partial charge on any atom is 0.404 e. The maximum atomic E-state index is 10.3. The zero-order chi connectivity index (χ0) is 12.0. The summed E-state index contributed by atoms with van der Waals surface area (Å²) in [7, 11) is 0. The lowest BCUT2D eigenvalue weighted by Gasteiger charge is -2.26. The molecular weight excluding hydrogens is 210 g/mol. The number of hydrogen-bond acceptors (Lipinski definition) is 7. The molecule has 0 rings (SSSR count). The molecule has 0 aliphatic heterocycles. The van der Waals surface area contributed by atoms with E-state index in [1.807, 2.05) is 0 Å². The Morgan fingerprint density at radius 3 is 2.00 bits per heavy atom. The van der Waals surface area contributed by atoms with Crippen molar-refractivity contribution < 1.29 is 35.1 Å². The molecule has 1 amide bonds. The minimum absolute atomic E-state index is 0.778. The Bertz CT molecular complexity index is 200. The summed E-state index contributed by atoms with van der Waals surface area (Å²) in [5, 5.41) is 44.6. The smallest absolute Gasteiger partial charge is 0.404 e. The third kappa shape index (κ3) is 4.40. The van der Waals surface area contributed by atoms with Gasteiger partial charge < -0.3 is 36.0 Å². The zero-order valence-corrected chi connectivity index (χ0v) is 7.85. The number of rotatable bonds is 6. The van der Waals surface area contributed by atoms with Crippen molar-refractivity contribution in [3.63, 3.8) is 0 Å². The van der Waals surface area contributed by atoms with Gasteiger partial charge in [-0.3, -0.25) is 0 Å². The summed E-state index contributed by atoms with van der Waals surface area (Å²) in [6.45, 7) is -1.56. The van der Waals surface area contributed by atoms with E-state index in [0.29, 0.717) is 0 Å². The van der Waals surface area contributed by atoms with Gasteiger partial charge in [0.05, 0.1) is 13.2 Å². The second kappa shape index (κ2) is 6.53. The van der Waals surface area contributed by atoms with Crippen LogP contribution in [-0.2, 0) is 4.74 Å². The first-order valence-corrected chi connectivity index (χ1v) is 4.16. The number of hydrogen-bond donors (Lipinski definition) is 6. The molecule has 0 fully saturated rings. The lowest BCUT2D eigenvalue weighted by Crippen LogP contribution is -2.49. The molecule has 8 nitrogen and oxygen atoms in total. The highest BCUT2D eigenvalue weighted by Crippen LogP contribution is 2.07. The first-order chi connectivity index (χ1) is 6.93. The molecule has 0 saturated carbocycles. The molecule has 0 radical (unpaired) electrons. The lowest BCUT2D eigenvalue weighted by molar-refractivity contribution is -0.124. The standard InChI is InChI=1S/C7H15NO7/c8-7(14)15-4(2-10)6(13)5(12)3(11)1-9/h3-6,9-13H,1-2H2,(H2,8,14). The molecule has 0 saturated heterocycles. The van der Waals surface area contributed by atoms with E-state index >= 15 is 0 Å². The topological polar surface area (TPSA) is 153 Å². The van der Waals surface area contributed by atoms with E-state index in [1.165, 1.54) is 0 Å². The average Bonchev–Trinajstić information content (AvgIpc) is 2.22. The second-order valence-electron chi connectivity index (χ2n) is 2.89. The highest BCUT2D eigenvalue weighted by molar-refractivity contribution is 5.64. The van der Waals surface area contributed by atoms with Gasteiger partial charge in [0.15, 0.2) is 6.10 Å². The Morgan fingerprint density at radius 2 is 1.67 bits per heavy atom. The predicted molar refractivity (Wildman–Crippen MR) is 46.6 cm³/mol. The van der Waals surface area contributed by atoms with E-state index in [-0.39, 0.29) is 0 Å². The van der Waals surface area contributed by atoms with Crippen molar-refractivity contribution in [1.82, 2.24) is 0 Å². The van der Waals surface area contributed by atoms with E-state index < -0.39 is 43.7 Å².